The van der Waals surface area contributed by atoms with E-state index < -0.39 is 15.8 Å². The van der Waals surface area contributed by atoms with E-state index in [9.17, 15) is 13.2 Å². The van der Waals surface area contributed by atoms with E-state index in [4.69, 9.17) is 10.5 Å². The van der Waals surface area contributed by atoms with Crippen LogP contribution in [0.25, 0.3) is 0 Å². The Kier molecular flexibility index (Phi) is 7.16. The highest BCUT2D eigenvalue weighted by Gasteiger charge is 2.25. The van der Waals surface area contributed by atoms with Crippen LogP contribution < -0.4 is 5.73 Å². The molecule has 0 saturated heterocycles. The molecule has 1 atom stereocenters. The number of ether oxygens (including phenoxy) is 1. The van der Waals surface area contributed by atoms with Crippen molar-refractivity contribution < 1.29 is 17.9 Å². The molecule has 0 heterocycles. The minimum atomic E-state index is -3.85. The first kappa shape index (κ1) is 21.1. The Morgan fingerprint density at radius 2 is 1.70 bits per heavy atom. The Morgan fingerprint density at radius 3 is 2.26 bits per heavy atom. The van der Waals surface area contributed by atoms with Gasteiger partial charge in [-0.1, -0.05) is 31.5 Å². The van der Waals surface area contributed by atoms with Crippen molar-refractivity contribution >= 4 is 15.8 Å². The molecular weight excluding hydrogens is 362 g/mol. The molecule has 0 amide bonds. The van der Waals surface area contributed by atoms with Crippen LogP contribution in [0.4, 0.5) is 0 Å². The maximum Gasteiger partial charge on any atom is 0.339 e. The molecule has 6 heteroatoms. The highest BCUT2D eigenvalue weighted by molar-refractivity contribution is 7.91. The van der Waals surface area contributed by atoms with Gasteiger partial charge >= 0.3 is 5.97 Å². The number of aryl methyl sites for hydroxylation is 1. The van der Waals surface area contributed by atoms with Gasteiger partial charge in [0.25, 0.3) is 0 Å². The molecule has 2 aromatic carbocycles. The van der Waals surface area contributed by atoms with Crippen molar-refractivity contribution in [3.63, 3.8) is 0 Å². The van der Waals surface area contributed by atoms with Crippen molar-refractivity contribution in [2.75, 3.05) is 6.61 Å². The molecule has 0 bridgehead atoms. The zero-order valence-corrected chi connectivity index (χ0v) is 16.9. The van der Waals surface area contributed by atoms with Crippen LogP contribution in [-0.4, -0.2) is 27.0 Å². The van der Waals surface area contributed by atoms with Crippen molar-refractivity contribution in [1.82, 2.24) is 0 Å². The van der Waals surface area contributed by atoms with E-state index >= 15 is 0 Å². The summed E-state index contributed by atoms with van der Waals surface area (Å²) in [6, 6.07) is 11.5. The van der Waals surface area contributed by atoms with Crippen molar-refractivity contribution in [2.45, 2.75) is 55.9 Å². The lowest BCUT2D eigenvalue weighted by Gasteiger charge is -2.13. The fourth-order valence-electron chi connectivity index (χ4n) is 2.91. The smallest absolute Gasteiger partial charge is 0.339 e. The van der Waals surface area contributed by atoms with Crippen LogP contribution in [0, 0.1) is 0 Å². The molecule has 146 valence electrons. The fourth-order valence-corrected chi connectivity index (χ4v) is 4.41. The second kappa shape index (κ2) is 9.15. The second-order valence-electron chi connectivity index (χ2n) is 6.63. The maximum absolute atomic E-state index is 13.2. The molecule has 0 aliphatic rings. The maximum atomic E-state index is 13.2. The lowest BCUT2D eigenvalue weighted by Crippen LogP contribution is -2.17. The number of esters is 1. The topological polar surface area (TPSA) is 86.5 Å². The quantitative estimate of drug-likeness (QED) is 0.698. The van der Waals surface area contributed by atoms with Crippen LogP contribution in [-0.2, 0) is 27.4 Å². The zero-order valence-electron chi connectivity index (χ0n) is 16.1. The monoisotopic (exact) mass is 389 g/mol. The van der Waals surface area contributed by atoms with Gasteiger partial charge in [0, 0.05) is 6.04 Å². The van der Waals surface area contributed by atoms with Crippen LogP contribution in [0.3, 0.4) is 0 Å². The standard InChI is InChI=1S/C21H27NO4S/c1-4-6-16-9-12-19(21(23)26-5-2)20(14-16)27(24,25)18-10-7-17(8-11-18)13-15(3)22/h7-12,14-15H,4-6,13,22H2,1-3H3. The van der Waals surface area contributed by atoms with Gasteiger partial charge in [0.05, 0.1) is 22.0 Å². The molecule has 2 aromatic rings. The lowest BCUT2D eigenvalue weighted by molar-refractivity contribution is 0.0522. The molecular formula is C21H27NO4S. The third kappa shape index (κ3) is 5.17. The molecule has 2 rings (SSSR count). The van der Waals surface area contributed by atoms with E-state index in [0.29, 0.717) is 6.42 Å². The van der Waals surface area contributed by atoms with E-state index in [-0.39, 0.29) is 28.0 Å². The van der Waals surface area contributed by atoms with E-state index in [1.54, 1.807) is 49.4 Å². The van der Waals surface area contributed by atoms with Crippen LogP contribution >= 0.6 is 0 Å². The number of hydrogen-bond donors (Lipinski definition) is 1. The summed E-state index contributed by atoms with van der Waals surface area (Å²) in [7, 11) is -3.85. The van der Waals surface area contributed by atoms with Gasteiger partial charge in [-0.15, -0.1) is 0 Å². The summed E-state index contributed by atoms with van der Waals surface area (Å²) < 4.78 is 31.5. The van der Waals surface area contributed by atoms with E-state index in [0.717, 1.165) is 24.0 Å². The number of carbonyl (C=O) groups is 1. The molecule has 5 nitrogen and oxygen atoms in total. The summed E-state index contributed by atoms with van der Waals surface area (Å²) in [6.07, 6.45) is 2.28. The molecule has 0 aliphatic carbocycles. The van der Waals surface area contributed by atoms with Gasteiger partial charge in [-0.05, 0) is 62.1 Å². The first-order valence-electron chi connectivity index (χ1n) is 9.19. The number of sulfone groups is 1. The molecule has 0 aromatic heterocycles. The van der Waals surface area contributed by atoms with Crippen LogP contribution in [0.2, 0.25) is 0 Å². The van der Waals surface area contributed by atoms with E-state index in [1.165, 1.54) is 0 Å². The first-order valence-corrected chi connectivity index (χ1v) is 10.7. The number of nitrogens with two attached hydrogens (primary N) is 1. The molecule has 0 saturated carbocycles. The van der Waals surface area contributed by atoms with Crippen LogP contribution in [0.5, 0.6) is 0 Å². The van der Waals surface area contributed by atoms with Crippen molar-refractivity contribution in [3.8, 4) is 0 Å². The van der Waals surface area contributed by atoms with Crippen molar-refractivity contribution in [2.24, 2.45) is 5.73 Å². The minimum absolute atomic E-state index is 0.00593. The van der Waals surface area contributed by atoms with Crippen LogP contribution in [0.1, 0.15) is 48.7 Å². The largest absolute Gasteiger partial charge is 0.462 e. The summed E-state index contributed by atoms with van der Waals surface area (Å²) in [6.45, 7) is 5.79. The SMILES string of the molecule is CCCc1ccc(C(=O)OCC)c(S(=O)(=O)c2ccc(CC(C)N)cc2)c1. The predicted octanol–water partition coefficient (Wildman–Crippen LogP) is 3.54. The molecule has 2 N–H and O–H groups in total. The Morgan fingerprint density at radius 1 is 1.07 bits per heavy atom. The van der Waals surface area contributed by atoms with Gasteiger partial charge in [0.2, 0.25) is 9.84 Å². The summed E-state index contributed by atoms with van der Waals surface area (Å²) in [5.41, 5.74) is 7.70. The van der Waals surface area contributed by atoms with E-state index in [2.05, 4.69) is 0 Å². The summed E-state index contributed by atoms with van der Waals surface area (Å²) in [5, 5.41) is 0. The Balaban J connectivity index is 2.51. The number of benzene rings is 2. The lowest BCUT2D eigenvalue weighted by atomic mass is 10.1. The molecule has 27 heavy (non-hydrogen) atoms. The van der Waals surface area contributed by atoms with Gasteiger partial charge in [-0.3, -0.25) is 0 Å². The highest BCUT2D eigenvalue weighted by atomic mass is 32.2. The fraction of sp³-hybridized carbons (Fsp3) is 0.381. The molecule has 0 aliphatic heterocycles. The molecule has 0 fully saturated rings. The first-order chi connectivity index (χ1) is 12.8. The highest BCUT2D eigenvalue weighted by Crippen LogP contribution is 2.27. The van der Waals surface area contributed by atoms with Gasteiger partial charge in [-0.25, -0.2) is 13.2 Å². The minimum Gasteiger partial charge on any atom is -0.462 e. The normalized spacial score (nSPS) is 12.6. The van der Waals surface area contributed by atoms with E-state index in [1.807, 2.05) is 13.8 Å². The number of hydrogen-bond acceptors (Lipinski definition) is 5. The van der Waals surface area contributed by atoms with Gasteiger partial charge in [0.1, 0.15) is 0 Å². The summed E-state index contributed by atoms with van der Waals surface area (Å²) in [4.78, 5) is 12.4. The Bertz CT molecular complexity index is 887. The third-order valence-corrected chi connectivity index (χ3v) is 5.97. The number of rotatable bonds is 8. The summed E-state index contributed by atoms with van der Waals surface area (Å²) in [5.74, 6) is -0.632. The van der Waals surface area contributed by atoms with Gasteiger partial charge in [0.15, 0.2) is 0 Å². The van der Waals surface area contributed by atoms with Crippen molar-refractivity contribution in [3.05, 3.63) is 59.2 Å². The number of carbonyl (C=O) groups excluding carboxylic acids is 1. The average Bonchev–Trinajstić information content (AvgIpc) is 2.62. The Hall–Kier alpha value is -2.18. The van der Waals surface area contributed by atoms with Crippen LogP contribution in [0.15, 0.2) is 52.3 Å². The Labute approximate surface area is 161 Å². The van der Waals surface area contributed by atoms with Gasteiger partial charge < -0.3 is 10.5 Å². The molecule has 0 spiro atoms. The zero-order chi connectivity index (χ0) is 20.0. The predicted molar refractivity (Wildman–Crippen MR) is 106 cm³/mol. The average molecular weight is 390 g/mol. The van der Waals surface area contributed by atoms with Gasteiger partial charge in [-0.2, -0.15) is 0 Å². The second-order valence-corrected chi connectivity index (χ2v) is 8.55. The summed E-state index contributed by atoms with van der Waals surface area (Å²) >= 11 is 0. The third-order valence-electron chi connectivity index (χ3n) is 4.16. The molecule has 1 unspecified atom stereocenters. The van der Waals surface area contributed by atoms with Crippen molar-refractivity contribution in [1.29, 1.82) is 0 Å². The molecule has 0 radical (unpaired) electrons.